The molecule has 37 heavy (non-hydrogen) atoms. The maximum Gasteiger partial charge on any atom is 0.418 e. The van der Waals surface area contributed by atoms with Crippen LogP contribution in [0.5, 0.6) is 0 Å². The van der Waals surface area contributed by atoms with Crippen LogP contribution in [0.4, 0.5) is 10.5 Å². The van der Waals surface area contributed by atoms with Crippen LogP contribution >= 0.6 is 23.2 Å². The minimum absolute atomic E-state index is 0.131. The van der Waals surface area contributed by atoms with E-state index >= 15 is 0 Å². The molecule has 1 atom stereocenters. The molecular formula is C27H25Cl2N3O5. The molecule has 0 spiro atoms. The van der Waals surface area contributed by atoms with Crippen LogP contribution < -0.4 is 5.32 Å². The third-order valence-electron chi connectivity index (χ3n) is 6.32. The molecule has 0 saturated carbocycles. The van der Waals surface area contributed by atoms with Crippen molar-refractivity contribution in [2.45, 2.75) is 39.3 Å². The number of aromatic nitrogens is 1. The standard InChI is InChI=1S/C27H25Cl2N3O5/c1-14-11-20(19(29)13-18(14)28)30-24(34)22(32-25(35)27(3,4)37-26(32)36)23(33)17-12-15(2)31(5)21(17)16-9-7-6-8-10-16/h6-13,22H,1-5H3,(H,30,34). The molecule has 1 saturated heterocycles. The summed E-state index contributed by atoms with van der Waals surface area (Å²) in [5.74, 6) is -2.47. The first kappa shape index (κ1) is 26.4. The molecule has 0 radical (unpaired) electrons. The van der Waals surface area contributed by atoms with Gasteiger partial charge < -0.3 is 14.6 Å². The third-order valence-corrected chi connectivity index (χ3v) is 7.04. The Morgan fingerprint density at radius 3 is 2.24 bits per heavy atom. The molecule has 2 aromatic carbocycles. The minimum atomic E-state index is -1.85. The molecule has 1 unspecified atom stereocenters. The van der Waals surface area contributed by atoms with Crippen LogP contribution in [0, 0.1) is 13.8 Å². The number of aryl methyl sites for hydroxylation is 2. The van der Waals surface area contributed by atoms with Gasteiger partial charge in [0, 0.05) is 23.3 Å². The zero-order chi connectivity index (χ0) is 27.2. The number of hydrogen-bond donors (Lipinski definition) is 1. The summed E-state index contributed by atoms with van der Waals surface area (Å²) >= 11 is 12.4. The lowest BCUT2D eigenvalue weighted by Gasteiger charge is -2.24. The van der Waals surface area contributed by atoms with E-state index in [1.165, 1.54) is 19.9 Å². The van der Waals surface area contributed by atoms with Gasteiger partial charge in [-0.15, -0.1) is 0 Å². The number of nitrogens with zero attached hydrogens (tertiary/aromatic N) is 2. The number of Topliss-reactive ketones (excluding diaryl/α,β-unsaturated/α-hetero) is 1. The number of ketones is 1. The van der Waals surface area contributed by atoms with Crippen molar-refractivity contribution in [3.05, 3.63) is 75.4 Å². The van der Waals surface area contributed by atoms with Gasteiger partial charge in [-0.25, -0.2) is 9.69 Å². The summed E-state index contributed by atoms with van der Waals surface area (Å²) in [6.07, 6.45) is -1.09. The number of nitrogens with one attached hydrogen (secondary N) is 1. The number of carbonyl (C=O) groups is 4. The number of carbonyl (C=O) groups excluding carboxylic acids is 4. The van der Waals surface area contributed by atoms with Crippen molar-refractivity contribution >= 4 is 52.6 Å². The SMILES string of the molecule is Cc1cc(NC(=O)C(C(=O)c2cc(C)n(C)c2-c2ccccc2)N2C(=O)OC(C)(C)C2=O)c(Cl)cc1Cl. The smallest absolute Gasteiger partial charge is 0.418 e. The second-order valence-corrected chi connectivity index (χ2v) is 10.2. The fourth-order valence-electron chi connectivity index (χ4n) is 4.23. The number of imide groups is 1. The number of benzene rings is 2. The zero-order valence-corrected chi connectivity index (χ0v) is 22.4. The number of rotatable bonds is 6. The average Bonchev–Trinajstić information content (AvgIpc) is 3.24. The second kappa shape index (κ2) is 9.68. The van der Waals surface area contributed by atoms with Gasteiger partial charge in [-0.05, 0) is 57.0 Å². The fraction of sp³-hybridized carbons (Fsp3) is 0.259. The molecule has 2 heterocycles. The fourth-order valence-corrected chi connectivity index (χ4v) is 4.66. The molecule has 0 bridgehead atoms. The van der Waals surface area contributed by atoms with Crippen LogP contribution in [0.15, 0.2) is 48.5 Å². The van der Waals surface area contributed by atoms with Gasteiger partial charge in [-0.1, -0.05) is 53.5 Å². The van der Waals surface area contributed by atoms with Crippen LogP contribution in [0.25, 0.3) is 11.3 Å². The molecule has 1 aliphatic rings. The van der Waals surface area contributed by atoms with Crippen LogP contribution in [0.3, 0.4) is 0 Å². The molecule has 1 aliphatic heterocycles. The summed E-state index contributed by atoms with van der Waals surface area (Å²) in [5.41, 5.74) is 1.46. The number of ether oxygens (including phenoxy) is 1. The van der Waals surface area contributed by atoms with Gasteiger partial charge in [0.1, 0.15) is 0 Å². The third kappa shape index (κ3) is 4.74. The van der Waals surface area contributed by atoms with E-state index in [9.17, 15) is 19.2 Å². The van der Waals surface area contributed by atoms with E-state index in [1.54, 1.807) is 26.1 Å². The number of halogens is 2. The number of anilines is 1. The Morgan fingerprint density at radius 2 is 1.65 bits per heavy atom. The van der Waals surface area contributed by atoms with Gasteiger partial charge in [0.25, 0.3) is 11.8 Å². The summed E-state index contributed by atoms with van der Waals surface area (Å²) in [6, 6.07) is 11.9. The Labute approximate surface area is 224 Å². The highest BCUT2D eigenvalue weighted by Crippen LogP contribution is 2.33. The first-order valence-corrected chi connectivity index (χ1v) is 12.2. The topological polar surface area (TPSA) is 97.7 Å². The predicted octanol–water partition coefficient (Wildman–Crippen LogP) is 5.56. The van der Waals surface area contributed by atoms with Gasteiger partial charge >= 0.3 is 6.09 Å². The van der Waals surface area contributed by atoms with E-state index < -0.39 is 35.3 Å². The lowest BCUT2D eigenvalue weighted by molar-refractivity contribution is -0.137. The molecule has 1 aromatic heterocycles. The van der Waals surface area contributed by atoms with E-state index in [4.69, 9.17) is 27.9 Å². The van der Waals surface area contributed by atoms with Crippen molar-refractivity contribution in [2.24, 2.45) is 7.05 Å². The number of cyclic esters (lactones) is 1. The molecule has 3 aromatic rings. The Balaban J connectivity index is 1.84. The molecule has 1 fully saturated rings. The Hall–Kier alpha value is -3.62. The Kier molecular flexibility index (Phi) is 6.92. The summed E-state index contributed by atoms with van der Waals surface area (Å²) in [7, 11) is 1.79. The van der Waals surface area contributed by atoms with Gasteiger partial charge in [0.05, 0.1) is 16.4 Å². The molecule has 8 nitrogen and oxygen atoms in total. The minimum Gasteiger partial charge on any atom is -0.433 e. The predicted molar refractivity (Wildman–Crippen MR) is 141 cm³/mol. The monoisotopic (exact) mass is 541 g/mol. The Bertz CT molecular complexity index is 1450. The van der Waals surface area contributed by atoms with Crippen molar-refractivity contribution in [1.29, 1.82) is 0 Å². The lowest BCUT2D eigenvalue weighted by atomic mass is 9.97. The molecule has 3 amide bonds. The normalized spacial score (nSPS) is 15.5. The highest BCUT2D eigenvalue weighted by atomic mass is 35.5. The maximum atomic E-state index is 14.1. The molecule has 1 N–H and O–H groups in total. The van der Waals surface area contributed by atoms with Crippen molar-refractivity contribution in [2.75, 3.05) is 5.32 Å². The van der Waals surface area contributed by atoms with Crippen LogP contribution in [-0.4, -0.2) is 44.8 Å². The van der Waals surface area contributed by atoms with Gasteiger partial charge in [0.2, 0.25) is 0 Å². The van der Waals surface area contributed by atoms with E-state index in [1.807, 2.05) is 41.8 Å². The molecular weight excluding hydrogens is 517 g/mol. The zero-order valence-electron chi connectivity index (χ0n) is 20.9. The average molecular weight is 542 g/mol. The van der Waals surface area contributed by atoms with Crippen LogP contribution in [-0.2, 0) is 21.4 Å². The first-order chi connectivity index (χ1) is 17.3. The van der Waals surface area contributed by atoms with Crippen molar-refractivity contribution < 1.29 is 23.9 Å². The van der Waals surface area contributed by atoms with E-state index in [-0.39, 0.29) is 16.3 Å². The highest BCUT2D eigenvalue weighted by molar-refractivity contribution is 6.37. The van der Waals surface area contributed by atoms with Gasteiger partial charge in [-0.2, -0.15) is 0 Å². The summed E-state index contributed by atoms with van der Waals surface area (Å²) in [4.78, 5) is 54.3. The molecule has 10 heteroatoms. The highest BCUT2D eigenvalue weighted by Gasteiger charge is 2.54. The second-order valence-electron chi connectivity index (χ2n) is 9.36. The quantitative estimate of drug-likeness (QED) is 0.325. The largest absolute Gasteiger partial charge is 0.433 e. The Morgan fingerprint density at radius 1 is 1.00 bits per heavy atom. The van der Waals surface area contributed by atoms with Crippen LogP contribution in [0.1, 0.15) is 35.5 Å². The summed E-state index contributed by atoms with van der Waals surface area (Å²) in [5, 5.41) is 3.12. The molecule has 4 rings (SSSR count). The summed E-state index contributed by atoms with van der Waals surface area (Å²) in [6.45, 7) is 6.33. The lowest BCUT2D eigenvalue weighted by Crippen LogP contribution is -2.53. The van der Waals surface area contributed by atoms with Crippen molar-refractivity contribution in [1.82, 2.24) is 9.47 Å². The molecule has 192 valence electrons. The molecule has 0 aliphatic carbocycles. The first-order valence-electron chi connectivity index (χ1n) is 11.4. The number of hydrogen-bond acceptors (Lipinski definition) is 5. The van der Waals surface area contributed by atoms with E-state index in [0.29, 0.717) is 21.2 Å². The van der Waals surface area contributed by atoms with Crippen LogP contribution in [0.2, 0.25) is 10.0 Å². The van der Waals surface area contributed by atoms with Gasteiger partial charge in [0.15, 0.2) is 17.4 Å². The van der Waals surface area contributed by atoms with Gasteiger partial charge in [-0.3, -0.25) is 14.4 Å². The number of amides is 3. The van der Waals surface area contributed by atoms with E-state index in [2.05, 4.69) is 5.32 Å². The summed E-state index contributed by atoms with van der Waals surface area (Å²) < 4.78 is 7.01. The van der Waals surface area contributed by atoms with Crippen molar-refractivity contribution in [3.8, 4) is 11.3 Å². The van der Waals surface area contributed by atoms with E-state index in [0.717, 1.165) is 11.3 Å². The maximum absolute atomic E-state index is 14.1. The van der Waals surface area contributed by atoms with Crippen molar-refractivity contribution in [3.63, 3.8) is 0 Å².